The Hall–Kier alpha value is -2.55. The molecule has 8 nitrogen and oxygen atoms in total. The molecule has 2 heterocycles. The molecule has 9 heteroatoms. The second kappa shape index (κ2) is 6.29. The van der Waals surface area contributed by atoms with Gasteiger partial charge in [0.15, 0.2) is 0 Å². The number of para-hydroxylation sites is 1. The molecule has 0 aliphatic heterocycles. The fourth-order valence-corrected chi connectivity index (χ4v) is 2.38. The van der Waals surface area contributed by atoms with Crippen LogP contribution in [0.2, 0.25) is 0 Å². The molecule has 0 saturated heterocycles. The van der Waals surface area contributed by atoms with Crippen LogP contribution in [0.1, 0.15) is 12.5 Å². The zero-order valence-electron chi connectivity index (χ0n) is 13.4. The molecule has 0 amide bonds. The maximum absolute atomic E-state index is 12.1. The van der Waals surface area contributed by atoms with Crippen LogP contribution in [0, 0.1) is 6.92 Å². The average molecular weight is 379 g/mol. The first-order valence-corrected chi connectivity index (χ1v) is 7.46. The molecule has 1 aromatic carbocycles. The molecule has 0 bridgehead atoms. The topological polar surface area (TPSA) is 87.7 Å². The fourth-order valence-electron chi connectivity index (χ4n) is 1.97. The van der Waals surface area contributed by atoms with Gasteiger partial charge in [-0.15, -0.1) is 5.10 Å². The van der Waals surface area contributed by atoms with Gasteiger partial charge in [0.1, 0.15) is 22.6 Å². The SMILES string of the molecule is [3H]c1ccc(OCc2c(-n3nnn(C)c3=O)cnnc2Br)c(C)c1. The minimum atomic E-state index is -0.397. The van der Waals surface area contributed by atoms with Crippen molar-refractivity contribution in [2.45, 2.75) is 13.5 Å². The predicted octanol–water partition coefficient (Wildman–Crippen LogP) is 1.41. The van der Waals surface area contributed by atoms with Gasteiger partial charge in [0.05, 0.1) is 13.1 Å². The van der Waals surface area contributed by atoms with E-state index in [2.05, 4.69) is 36.6 Å². The molecule has 0 saturated carbocycles. The molecule has 0 atom stereocenters. The van der Waals surface area contributed by atoms with Crippen molar-refractivity contribution in [1.82, 2.24) is 30.0 Å². The summed E-state index contributed by atoms with van der Waals surface area (Å²) in [5, 5.41) is 15.3. The molecule has 0 aliphatic rings. The molecule has 0 aliphatic carbocycles. The minimum absolute atomic E-state index is 0.145. The molecule has 0 radical (unpaired) electrons. The Bertz CT molecular complexity index is 955. The van der Waals surface area contributed by atoms with Gasteiger partial charge in [-0.1, -0.05) is 18.2 Å². The molecular formula is C14H13BrN6O2. The molecular weight excluding hydrogens is 364 g/mol. The Morgan fingerprint density at radius 2 is 2.22 bits per heavy atom. The standard InChI is InChI=1S/C14H13BrN6O2/c1-9-5-3-4-6-12(9)23-8-10-11(7-16-17-13(10)15)21-14(22)20(2)18-19-21/h3-7H,8H2,1-2H3/i3T. The molecule has 0 fully saturated rings. The predicted molar refractivity (Wildman–Crippen MR) is 85.4 cm³/mol. The monoisotopic (exact) mass is 378 g/mol. The van der Waals surface area contributed by atoms with E-state index in [0.717, 1.165) is 14.9 Å². The van der Waals surface area contributed by atoms with E-state index in [0.29, 0.717) is 27.6 Å². The Labute approximate surface area is 141 Å². The zero-order valence-corrected chi connectivity index (χ0v) is 14.0. The van der Waals surface area contributed by atoms with Crippen LogP contribution in [0.4, 0.5) is 0 Å². The number of halogens is 1. The lowest BCUT2D eigenvalue weighted by Gasteiger charge is -2.12. The highest BCUT2D eigenvalue weighted by Gasteiger charge is 2.16. The van der Waals surface area contributed by atoms with Crippen molar-refractivity contribution in [2.75, 3.05) is 0 Å². The van der Waals surface area contributed by atoms with E-state index >= 15 is 0 Å². The highest BCUT2D eigenvalue weighted by molar-refractivity contribution is 9.10. The van der Waals surface area contributed by atoms with Crippen molar-refractivity contribution in [3.63, 3.8) is 0 Å². The fraction of sp³-hybridized carbons (Fsp3) is 0.214. The smallest absolute Gasteiger partial charge is 0.368 e. The van der Waals surface area contributed by atoms with Crippen molar-refractivity contribution in [3.8, 4) is 11.4 Å². The van der Waals surface area contributed by atoms with Crippen LogP contribution in [0.15, 0.2) is 39.8 Å². The Morgan fingerprint density at radius 3 is 2.91 bits per heavy atom. The summed E-state index contributed by atoms with van der Waals surface area (Å²) in [6.07, 6.45) is 1.43. The number of benzene rings is 1. The first-order valence-electron chi connectivity index (χ1n) is 7.17. The van der Waals surface area contributed by atoms with Crippen LogP contribution in [-0.4, -0.2) is 30.0 Å². The zero-order chi connectivity index (χ0) is 17.3. The molecule has 0 N–H and O–H groups in total. The lowest BCUT2D eigenvalue weighted by atomic mass is 10.2. The molecule has 3 rings (SSSR count). The van der Waals surface area contributed by atoms with Crippen molar-refractivity contribution < 1.29 is 6.11 Å². The molecule has 0 unspecified atom stereocenters. The second-order valence-corrected chi connectivity index (χ2v) is 5.53. The van der Waals surface area contributed by atoms with E-state index < -0.39 is 5.69 Å². The molecule has 0 spiro atoms. The van der Waals surface area contributed by atoms with Crippen LogP contribution in [0.25, 0.3) is 5.69 Å². The number of ether oxygens (including phenoxy) is 1. The van der Waals surface area contributed by atoms with Gasteiger partial charge in [0.2, 0.25) is 0 Å². The highest BCUT2D eigenvalue weighted by Crippen LogP contribution is 2.23. The van der Waals surface area contributed by atoms with Gasteiger partial charge in [-0.25, -0.2) is 4.79 Å². The van der Waals surface area contributed by atoms with Crippen molar-refractivity contribution in [1.29, 1.82) is 0 Å². The lowest BCUT2D eigenvalue weighted by molar-refractivity contribution is 0.301. The van der Waals surface area contributed by atoms with E-state index in [1.165, 1.54) is 13.2 Å². The highest BCUT2D eigenvalue weighted by atomic mass is 79.9. The van der Waals surface area contributed by atoms with Gasteiger partial charge >= 0.3 is 5.69 Å². The van der Waals surface area contributed by atoms with E-state index in [4.69, 9.17) is 6.11 Å². The number of aryl methyl sites for hydroxylation is 2. The average Bonchev–Trinajstić information content (AvgIpc) is 2.87. The van der Waals surface area contributed by atoms with Gasteiger partial charge in [-0.05, 0) is 44.9 Å². The number of rotatable bonds is 4. The van der Waals surface area contributed by atoms with Gasteiger partial charge < -0.3 is 4.74 Å². The van der Waals surface area contributed by atoms with Gasteiger partial charge in [0.25, 0.3) is 0 Å². The second-order valence-electron chi connectivity index (χ2n) is 4.78. The van der Waals surface area contributed by atoms with Crippen LogP contribution < -0.4 is 10.4 Å². The van der Waals surface area contributed by atoms with Gasteiger partial charge in [0, 0.05) is 7.05 Å². The summed E-state index contributed by atoms with van der Waals surface area (Å²) in [4.78, 5) is 12.1. The largest absolute Gasteiger partial charge is 0.488 e. The molecule has 118 valence electrons. The van der Waals surface area contributed by atoms with Crippen LogP contribution >= 0.6 is 15.9 Å². The third-order valence-corrected chi connectivity index (χ3v) is 3.86. The number of nitrogens with zero attached hydrogens (tertiary/aromatic N) is 6. The summed E-state index contributed by atoms with van der Waals surface area (Å²) >= 11 is 3.33. The van der Waals surface area contributed by atoms with Crippen LogP contribution in [0.5, 0.6) is 5.75 Å². The maximum atomic E-state index is 12.1. The summed E-state index contributed by atoms with van der Waals surface area (Å²) in [7, 11) is 1.51. The number of hydrogen-bond donors (Lipinski definition) is 0. The summed E-state index contributed by atoms with van der Waals surface area (Å²) < 4.78 is 16.1. The quantitative estimate of drug-likeness (QED) is 0.681. The number of hydrogen-bond acceptors (Lipinski definition) is 6. The summed E-state index contributed by atoms with van der Waals surface area (Å²) in [5.41, 5.74) is 1.50. The van der Waals surface area contributed by atoms with Crippen molar-refractivity contribution in [3.05, 3.63) is 56.7 Å². The summed E-state index contributed by atoms with van der Waals surface area (Å²) in [6.45, 7) is 2.01. The maximum Gasteiger partial charge on any atom is 0.368 e. The Balaban J connectivity index is 1.96. The third-order valence-electron chi connectivity index (χ3n) is 3.23. The van der Waals surface area contributed by atoms with Gasteiger partial charge in [-0.3, -0.25) is 0 Å². The van der Waals surface area contributed by atoms with Crippen LogP contribution in [-0.2, 0) is 13.7 Å². The Kier molecular flexibility index (Phi) is 3.85. The third kappa shape index (κ3) is 3.00. The van der Waals surface area contributed by atoms with E-state index in [1.54, 1.807) is 18.2 Å². The van der Waals surface area contributed by atoms with Crippen molar-refractivity contribution in [2.24, 2.45) is 7.05 Å². The number of tetrazole rings is 1. The summed E-state index contributed by atoms with van der Waals surface area (Å²) in [5.74, 6) is 0.646. The van der Waals surface area contributed by atoms with Crippen LogP contribution in [0.3, 0.4) is 0 Å². The molecule has 3 aromatic rings. The first kappa shape index (κ1) is 14.1. The first-order chi connectivity index (χ1) is 11.5. The van der Waals surface area contributed by atoms with Crippen molar-refractivity contribution >= 4 is 15.9 Å². The Morgan fingerprint density at radius 1 is 1.39 bits per heavy atom. The summed E-state index contributed by atoms with van der Waals surface area (Å²) in [6, 6.07) is 5.51. The normalized spacial score (nSPS) is 11.3. The lowest BCUT2D eigenvalue weighted by Crippen LogP contribution is -2.23. The van der Waals surface area contributed by atoms with E-state index in [9.17, 15) is 4.79 Å². The molecule has 23 heavy (non-hydrogen) atoms. The molecule has 2 aromatic heterocycles. The van der Waals surface area contributed by atoms with E-state index in [1.807, 2.05) is 6.92 Å². The van der Waals surface area contributed by atoms with E-state index in [-0.39, 0.29) is 6.61 Å². The minimum Gasteiger partial charge on any atom is -0.488 e. The number of aromatic nitrogens is 6. The van der Waals surface area contributed by atoms with Gasteiger partial charge in [-0.2, -0.15) is 14.5 Å².